The van der Waals surface area contributed by atoms with Crippen molar-refractivity contribution in [2.24, 2.45) is 0 Å². The monoisotopic (exact) mass is 301 g/mol. The zero-order valence-electron chi connectivity index (χ0n) is 11.9. The molecule has 9 heteroatoms. The molecule has 0 aromatic heterocycles. The number of aliphatic hydroxyl groups excluding tert-OH is 1. The summed E-state index contributed by atoms with van der Waals surface area (Å²) in [6.07, 6.45) is -1.73. The van der Waals surface area contributed by atoms with Crippen LogP contribution in [0.3, 0.4) is 0 Å². The van der Waals surface area contributed by atoms with Gasteiger partial charge in [0.2, 0.25) is 5.91 Å². The first-order chi connectivity index (χ1) is 9.65. The van der Waals surface area contributed by atoms with Crippen molar-refractivity contribution in [2.75, 3.05) is 13.1 Å². The number of carbonyl (C=O) groups is 4. The lowest BCUT2D eigenvalue weighted by Gasteiger charge is -2.15. The summed E-state index contributed by atoms with van der Waals surface area (Å²) in [7, 11) is 0. The van der Waals surface area contributed by atoms with Gasteiger partial charge in [0.05, 0.1) is 0 Å². The summed E-state index contributed by atoms with van der Waals surface area (Å²) in [4.78, 5) is 46.2. The number of carbonyl (C=O) groups excluding carboxylic acids is 3. The molecule has 0 spiro atoms. The molecule has 1 atom stereocenters. The zero-order chi connectivity index (χ0) is 16.2. The van der Waals surface area contributed by atoms with E-state index in [1.54, 1.807) is 13.8 Å². The van der Waals surface area contributed by atoms with Crippen molar-refractivity contribution in [1.82, 2.24) is 15.5 Å². The van der Waals surface area contributed by atoms with Crippen LogP contribution in [0.2, 0.25) is 0 Å². The molecule has 1 fully saturated rings. The maximum absolute atomic E-state index is 11.8. The molecule has 1 aliphatic heterocycles. The minimum atomic E-state index is -1.53. The van der Waals surface area contributed by atoms with Crippen molar-refractivity contribution in [2.45, 2.75) is 38.3 Å². The maximum Gasteiger partial charge on any atom is 0.332 e. The van der Waals surface area contributed by atoms with E-state index in [4.69, 9.17) is 10.2 Å². The molecule has 0 aromatic carbocycles. The highest BCUT2D eigenvalue weighted by molar-refractivity contribution is 6.06. The van der Waals surface area contributed by atoms with Crippen molar-refractivity contribution in [3.63, 3.8) is 0 Å². The van der Waals surface area contributed by atoms with Crippen LogP contribution in [0.4, 0.5) is 4.79 Å². The summed E-state index contributed by atoms with van der Waals surface area (Å²) in [5, 5.41) is 22.4. The van der Waals surface area contributed by atoms with Crippen molar-refractivity contribution in [3.05, 3.63) is 0 Å². The van der Waals surface area contributed by atoms with Crippen LogP contribution < -0.4 is 10.6 Å². The smallest absolute Gasteiger partial charge is 0.332 e. The Balaban J connectivity index is 2.32. The van der Waals surface area contributed by atoms with E-state index in [1.807, 2.05) is 0 Å². The Hall–Kier alpha value is -2.16. The van der Waals surface area contributed by atoms with Gasteiger partial charge in [0, 0.05) is 25.9 Å². The predicted molar refractivity (Wildman–Crippen MR) is 70.2 cm³/mol. The molecule has 1 aliphatic rings. The number of nitrogens with zero attached hydrogens (tertiary/aromatic N) is 1. The number of aliphatic hydroxyl groups is 1. The van der Waals surface area contributed by atoms with Gasteiger partial charge in [-0.1, -0.05) is 0 Å². The summed E-state index contributed by atoms with van der Waals surface area (Å²) in [5.41, 5.74) is -0.973. The van der Waals surface area contributed by atoms with Gasteiger partial charge in [0.25, 0.3) is 5.91 Å². The van der Waals surface area contributed by atoms with Crippen LogP contribution in [0.25, 0.3) is 0 Å². The average Bonchev–Trinajstić information content (AvgIpc) is 2.56. The Morgan fingerprint density at radius 1 is 1.38 bits per heavy atom. The summed E-state index contributed by atoms with van der Waals surface area (Å²) >= 11 is 0. The third-order valence-electron chi connectivity index (χ3n) is 3.03. The van der Waals surface area contributed by atoms with E-state index in [0.29, 0.717) is 0 Å². The van der Waals surface area contributed by atoms with Gasteiger partial charge in [-0.25, -0.2) is 9.59 Å². The quantitative estimate of drug-likeness (QED) is 0.430. The van der Waals surface area contributed by atoms with Crippen molar-refractivity contribution in [1.29, 1.82) is 0 Å². The molecular weight excluding hydrogens is 282 g/mol. The van der Waals surface area contributed by atoms with Gasteiger partial charge in [-0.15, -0.1) is 0 Å². The number of hydrogen-bond acceptors (Lipinski definition) is 5. The average molecular weight is 301 g/mol. The standard InChI is InChI=1S/C12H19N3O6/c1-12(2)10(20)15(11(21)14-12)6-4-8(17)13-5-3-7(16)9(18)19/h7,16H,3-6H2,1-2H3,(H,13,17)(H,14,21)(H,18,19)/t7-/m0/s1. The second kappa shape index (κ2) is 6.53. The van der Waals surface area contributed by atoms with E-state index >= 15 is 0 Å². The number of imide groups is 1. The second-order valence-electron chi connectivity index (χ2n) is 5.25. The van der Waals surface area contributed by atoms with Crippen LogP contribution >= 0.6 is 0 Å². The van der Waals surface area contributed by atoms with Gasteiger partial charge < -0.3 is 20.8 Å². The molecule has 1 rings (SSSR count). The SMILES string of the molecule is CC1(C)NC(=O)N(CCC(=O)NCC[C@H](O)C(=O)O)C1=O. The Bertz CT molecular complexity index is 462. The molecule has 4 amide bonds. The molecule has 0 radical (unpaired) electrons. The lowest BCUT2D eigenvalue weighted by atomic mass is 10.1. The van der Waals surface area contributed by atoms with Gasteiger partial charge in [-0.05, 0) is 13.8 Å². The van der Waals surface area contributed by atoms with E-state index in [2.05, 4.69) is 10.6 Å². The van der Waals surface area contributed by atoms with Crippen LogP contribution in [0, 0.1) is 0 Å². The number of rotatable bonds is 7. The Morgan fingerprint density at radius 2 is 2.00 bits per heavy atom. The molecule has 0 aromatic rings. The first kappa shape index (κ1) is 16.9. The first-order valence-corrected chi connectivity index (χ1v) is 6.47. The Kier molecular flexibility index (Phi) is 5.25. The fraction of sp³-hybridized carbons (Fsp3) is 0.667. The minimum absolute atomic E-state index is 0.00205. The molecule has 0 aliphatic carbocycles. The van der Waals surface area contributed by atoms with E-state index in [1.165, 1.54) is 0 Å². The second-order valence-corrected chi connectivity index (χ2v) is 5.25. The largest absolute Gasteiger partial charge is 0.479 e. The van der Waals surface area contributed by atoms with E-state index < -0.39 is 35.5 Å². The van der Waals surface area contributed by atoms with E-state index in [9.17, 15) is 19.2 Å². The number of urea groups is 1. The Labute approximate surface area is 121 Å². The van der Waals surface area contributed by atoms with Gasteiger partial charge in [-0.2, -0.15) is 0 Å². The molecule has 118 valence electrons. The predicted octanol–water partition coefficient (Wildman–Crippen LogP) is -1.34. The fourth-order valence-corrected chi connectivity index (χ4v) is 1.79. The van der Waals surface area contributed by atoms with Gasteiger partial charge in [0.15, 0.2) is 6.10 Å². The van der Waals surface area contributed by atoms with Crippen molar-refractivity contribution in [3.8, 4) is 0 Å². The van der Waals surface area contributed by atoms with Gasteiger partial charge >= 0.3 is 12.0 Å². The van der Waals surface area contributed by atoms with Crippen LogP contribution in [0.1, 0.15) is 26.7 Å². The minimum Gasteiger partial charge on any atom is -0.479 e. The molecule has 1 heterocycles. The van der Waals surface area contributed by atoms with Gasteiger partial charge in [-0.3, -0.25) is 14.5 Å². The number of amides is 4. The molecular formula is C12H19N3O6. The normalized spacial score (nSPS) is 18.3. The molecule has 0 bridgehead atoms. The van der Waals surface area contributed by atoms with E-state index in [0.717, 1.165) is 4.90 Å². The molecule has 21 heavy (non-hydrogen) atoms. The molecule has 1 saturated heterocycles. The number of nitrogens with one attached hydrogen (secondary N) is 2. The first-order valence-electron chi connectivity index (χ1n) is 6.47. The third kappa shape index (κ3) is 4.42. The highest BCUT2D eigenvalue weighted by Crippen LogP contribution is 2.16. The molecule has 9 nitrogen and oxygen atoms in total. The van der Waals surface area contributed by atoms with Crippen LogP contribution in [-0.2, 0) is 14.4 Å². The topological polar surface area (TPSA) is 136 Å². The van der Waals surface area contributed by atoms with Crippen LogP contribution in [0.15, 0.2) is 0 Å². The maximum atomic E-state index is 11.8. The number of aliphatic carboxylic acids is 1. The summed E-state index contributed by atoms with van der Waals surface area (Å²) in [6, 6.07) is -0.543. The fourth-order valence-electron chi connectivity index (χ4n) is 1.79. The van der Waals surface area contributed by atoms with Crippen molar-refractivity contribution >= 4 is 23.8 Å². The third-order valence-corrected chi connectivity index (χ3v) is 3.03. The number of carboxylic acid groups (broad SMARTS) is 1. The summed E-state index contributed by atoms with van der Waals surface area (Å²) < 4.78 is 0. The number of hydrogen-bond donors (Lipinski definition) is 4. The van der Waals surface area contributed by atoms with Crippen LogP contribution in [0.5, 0.6) is 0 Å². The van der Waals surface area contributed by atoms with Crippen molar-refractivity contribution < 1.29 is 29.4 Å². The summed E-state index contributed by atoms with van der Waals surface area (Å²) in [5.74, 6) is -2.19. The lowest BCUT2D eigenvalue weighted by Crippen LogP contribution is -2.40. The highest BCUT2D eigenvalue weighted by atomic mass is 16.4. The Morgan fingerprint density at radius 3 is 2.48 bits per heavy atom. The highest BCUT2D eigenvalue weighted by Gasteiger charge is 2.43. The zero-order valence-corrected chi connectivity index (χ0v) is 11.9. The lowest BCUT2D eigenvalue weighted by molar-refractivity contribution is -0.147. The van der Waals surface area contributed by atoms with E-state index in [-0.39, 0.29) is 25.9 Å². The summed E-state index contributed by atoms with van der Waals surface area (Å²) in [6.45, 7) is 3.08. The molecule has 0 unspecified atom stereocenters. The van der Waals surface area contributed by atoms with Crippen LogP contribution in [-0.4, -0.2) is 63.7 Å². The van der Waals surface area contributed by atoms with Gasteiger partial charge in [0.1, 0.15) is 5.54 Å². The number of carboxylic acids is 1. The molecule has 0 saturated carbocycles. The molecule has 4 N–H and O–H groups in total.